The Kier molecular flexibility index (Phi) is 4.91. The Balaban J connectivity index is 2.97. The Morgan fingerprint density at radius 1 is 1.35 bits per heavy atom. The average molecular weight is 250 g/mol. The van der Waals surface area contributed by atoms with Gasteiger partial charge in [0.25, 0.3) is 0 Å². The molecule has 17 heavy (non-hydrogen) atoms. The van der Waals surface area contributed by atoms with Crippen molar-refractivity contribution in [1.29, 1.82) is 0 Å². The van der Waals surface area contributed by atoms with Crippen molar-refractivity contribution in [3.05, 3.63) is 60.2 Å². The Morgan fingerprint density at radius 2 is 2.00 bits per heavy atom. The number of benzene rings is 1. The van der Waals surface area contributed by atoms with Crippen LogP contribution < -0.4 is 0 Å². The van der Waals surface area contributed by atoms with Crippen LogP contribution in [0.15, 0.2) is 65.1 Å². The van der Waals surface area contributed by atoms with Gasteiger partial charge in [0.1, 0.15) is 4.91 Å². The van der Waals surface area contributed by atoms with Gasteiger partial charge in [0.2, 0.25) is 9.84 Å². The molecule has 0 saturated heterocycles. The molecular weight excluding hydrogens is 236 g/mol. The highest BCUT2D eigenvalue weighted by Crippen LogP contribution is 2.18. The van der Waals surface area contributed by atoms with Gasteiger partial charge in [-0.2, -0.15) is 0 Å². The quantitative estimate of drug-likeness (QED) is 0.442. The first-order chi connectivity index (χ1) is 8.12. The first-order valence-corrected chi connectivity index (χ1v) is 6.49. The minimum Gasteiger partial charge on any atom is -0.371 e. The highest BCUT2D eigenvalue weighted by atomic mass is 32.2. The third-order valence-electron chi connectivity index (χ3n) is 2.04. The fourth-order valence-electron chi connectivity index (χ4n) is 1.20. The average Bonchev–Trinajstić information content (AvgIpc) is 2.35. The van der Waals surface area contributed by atoms with E-state index in [4.69, 9.17) is 4.74 Å². The minimum absolute atomic E-state index is 0.0329. The predicted molar refractivity (Wildman–Crippen MR) is 67.3 cm³/mol. The zero-order chi connectivity index (χ0) is 12.7. The van der Waals surface area contributed by atoms with Crippen molar-refractivity contribution in [1.82, 2.24) is 0 Å². The second-order valence-electron chi connectivity index (χ2n) is 3.22. The monoisotopic (exact) mass is 250 g/mol. The van der Waals surface area contributed by atoms with E-state index < -0.39 is 9.84 Å². The molecular formula is C13H14O3S. The summed E-state index contributed by atoms with van der Waals surface area (Å²) >= 11 is 0. The van der Waals surface area contributed by atoms with Gasteiger partial charge >= 0.3 is 0 Å². The van der Waals surface area contributed by atoms with E-state index in [-0.39, 0.29) is 23.0 Å². The number of hydrogen-bond donors (Lipinski definition) is 0. The lowest BCUT2D eigenvalue weighted by Crippen LogP contribution is -2.10. The van der Waals surface area contributed by atoms with E-state index in [0.717, 1.165) is 0 Å². The first kappa shape index (κ1) is 13.5. The van der Waals surface area contributed by atoms with Crippen LogP contribution in [0.3, 0.4) is 0 Å². The maximum Gasteiger partial charge on any atom is 0.212 e. The first-order valence-electron chi connectivity index (χ1n) is 5.00. The molecule has 1 rings (SSSR count). The lowest BCUT2D eigenvalue weighted by Gasteiger charge is -2.06. The molecule has 0 atom stereocenters. The molecule has 0 aliphatic heterocycles. The molecule has 1 aromatic rings. The van der Waals surface area contributed by atoms with E-state index in [9.17, 15) is 8.42 Å². The summed E-state index contributed by atoms with van der Waals surface area (Å²) in [6.07, 6.45) is 1.55. The topological polar surface area (TPSA) is 43.4 Å². The lowest BCUT2D eigenvalue weighted by atomic mass is 10.4. The van der Waals surface area contributed by atoms with E-state index in [1.165, 1.54) is 12.1 Å². The van der Waals surface area contributed by atoms with E-state index in [1.54, 1.807) is 24.3 Å². The maximum absolute atomic E-state index is 12.1. The molecule has 90 valence electrons. The van der Waals surface area contributed by atoms with E-state index in [1.807, 2.05) is 0 Å². The van der Waals surface area contributed by atoms with E-state index in [2.05, 4.69) is 18.9 Å². The van der Waals surface area contributed by atoms with Crippen molar-refractivity contribution in [2.24, 2.45) is 0 Å². The predicted octanol–water partition coefficient (Wildman–Crippen LogP) is 2.33. The second kappa shape index (κ2) is 6.21. The van der Waals surface area contributed by atoms with Gasteiger partial charge in [-0.3, -0.25) is 0 Å². The summed E-state index contributed by atoms with van der Waals surface area (Å²) in [6, 6.07) is 8.14. The van der Waals surface area contributed by atoms with Crippen LogP contribution in [0.25, 0.3) is 0 Å². The minimum atomic E-state index is -3.55. The lowest BCUT2D eigenvalue weighted by molar-refractivity contribution is 0.191. The summed E-state index contributed by atoms with van der Waals surface area (Å²) in [4.78, 5) is 0.249. The third-order valence-corrected chi connectivity index (χ3v) is 3.85. The zero-order valence-electron chi connectivity index (χ0n) is 9.43. The molecule has 0 N–H and O–H groups in total. The van der Waals surface area contributed by atoms with E-state index >= 15 is 0 Å². The van der Waals surface area contributed by atoms with Crippen LogP contribution in [0.4, 0.5) is 0 Å². The molecule has 0 aromatic heterocycles. The molecule has 0 fully saturated rings. The number of ether oxygens (including phenoxy) is 1. The smallest absolute Gasteiger partial charge is 0.212 e. The van der Waals surface area contributed by atoms with Crippen molar-refractivity contribution < 1.29 is 13.2 Å². The van der Waals surface area contributed by atoms with Crippen molar-refractivity contribution in [3.63, 3.8) is 0 Å². The van der Waals surface area contributed by atoms with Gasteiger partial charge in [-0.05, 0) is 12.1 Å². The van der Waals surface area contributed by atoms with Crippen LogP contribution in [0.1, 0.15) is 0 Å². The summed E-state index contributed by atoms with van der Waals surface area (Å²) in [5, 5.41) is 0. The maximum atomic E-state index is 12.1. The van der Waals surface area contributed by atoms with E-state index in [0.29, 0.717) is 0 Å². The second-order valence-corrected chi connectivity index (χ2v) is 5.19. The summed E-state index contributed by atoms with van der Waals surface area (Å²) in [5.41, 5.74) is 2.42. The molecule has 0 aliphatic carbocycles. The molecule has 0 unspecified atom stereocenters. The number of sulfone groups is 1. The van der Waals surface area contributed by atoms with Crippen molar-refractivity contribution in [2.45, 2.75) is 4.90 Å². The van der Waals surface area contributed by atoms with Crippen LogP contribution in [0, 0.1) is 0 Å². The van der Waals surface area contributed by atoms with Gasteiger partial charge in [0.05, 0.1) is 18.1 Å². The summed E-state index contributed by atoms with van der Waals surface area (Å²) in [6.45, 7) is 7.11. The molecule has 1 aromatic carbocycles. The summed E-state index contributed by atoms with van der Waals surface area (Å²) in [5.74, 6) is 0. The Bertz CT molecular complexity index is 523. The van der Waals surface area contributed by atoms with Crippen LogP contribution in [0.2, 0.25) is 0 Å². The van der Waals surface area contributed by atoms with Crippen LogP contribution in [0.5, 0.6) is 0 Å². The fraction of sp³-hybridized carbons (Fsp3) is 0.154. The largest absolute Gasteiger partial charge is 0.371 e. The normalized spacial score (nSPS) is 10.6. The Morgan fingerprint density at radius 3 is 2.53 bits per heavy atom. The number of rotatable bonds is 6. The van der Waals surface area contributed by atoms with Gasteiger partial charge in [-0.15, -0.1) is 12.3 Å². The molecule has 0 saturated carbocycles. The highest BCUT2D eigenvalue weighted by molar-refractivity contribution is 7.95. The zero-order valence-corrected chi connectivity index (χ0v) is 10.2. The van der Waals surface area contributed by atoms with Gasteiger partial charge < -0.3 is 4.74 Å². The third kappa shape index (κ3) is 3.43. The molecule has 3 nitrogen and oxygen atoms in total. The summed E-state index contributed by atoms with van der Waals surface area (Å²) < 4.78 is 29.3. The Labute approximate surface area is 102 Å². The standard InChI is InChI=1S/C13H14O3S/c1-3-10-16-11-12(4-2)17(14,15)13-8-6-5-7-9-13/h3,5-9H,1-2,10-11H2. The Hall–Kier alpha value is -1.61. The van der Waals surface area contributed by atoms with Crippen molar-refractivity contribution >= 4 is 9.84 Å². The molecule has 4 heteroatoms. The summed E-state index contributed by atoms with van der Waals surface area (Å²) in [7, 11) is -3.55. The molecule has 0 aliphatic rings. The van der Waals surface area contributed by atoms with Crippen LogP contribution in [-0.4, -0.2) is 21.6 Å². The fourth-order valence-corrected chi connectivity index (χ4v) is 2.43. The van der Waals surface area contributed by atoms with Crippen LogP contribution in [-0.2, 0) is 14.6 Å². The molecule has 0 amide bonds. The SMILES string of the molecule is C=C=C(COCC=C)S(=O)(=O)c1ccccc1. The van der Waals surface area contributed by atoms with Crippen LogP contribution >= 0.6 is 0 Å². The van der Waals surface area contributed by atoms with Crippen molar-refractivity contribution in [3.8, 4) is 0 Å². The molecule has 0 spiro atoms. The van der Waals surface area contributed by atoms with Gasteiger partial charge in [0.15, 0.2) is 0 Å². The number of hydrogen-bond acceptors (Lipinski definition) is 3. The molecule has 0 heterocycles. The van der Waals surface area contributed by atoms with Crippen molar-refractivity contribution in [2.75, 3.05) is 13.2 Å². The molecule has 0 radical (unpaired) electrons. The highest BCUT2D eigenvalue weighted by Gasteiger charge is 2.19. The van der Waals surface area contributed by atoms with Gasteiger partial charge in [-0.1, -0.05) is 30.9 Å². The van der Waals surface area contributed by atoms with Gasteiger partial charge in [-0.25, -0.2) is 8.42 Å². The molecule has 0 bridgehead atoms. The van der Waals surface area contributed by atoms with Gasteiger partial charge in [0, 0.05) is 0 Å².